The highest BCUT2D eigenvalue weighted by molar-refractivity contribution is 7.47. The Morgan fingerprint density at radius 1 is 1.60 bits per heavy atom. The summed E-state index contributed by atoms with van der Waals surface area (Å²) in [5, 5.41) is 0. The smallest absolute Gasteiger partial charge is 0.101 e. The van der Waals surface area contributed by atoms with E-state index >= 15 is 0 Å². The zero-order valence-electron chi connectivity index (χ0n) is 2.33. The van der Waals surface area contributed by atoms with Crippen molar-refractivity contribution in [2.75, 3.05) is 0 Å². The molecule has 0 nitrogen and oxygen atoms in total. The van der Waals surface area contributed by atoms with Crippen molar-refractivity contribution in [2.45, 2.75) is 0 Å². The summed E-state index contributed by atoms with van der Waals surface area (Å²) < 4.78 is 11.4. The fraction of sp³-hybridized carbons (Fsp3) is 0. The second kappa shape index (κ2) is 2.75. The zero-order chi connectivity index (χ0) is 4.28. The number of hydrogen-bond acceptors (Lipinski definition) is 0. The van der Waals surface area contributed by atoms with Gasteiger partial charge in [0.25, 0.3) is 0 Å². The summed E-state index contributed by atoms with van der Waals surface area (Å²) in [6, 6.07) is 0. The number of halogens is 1. The van der Waals surface area contributed by atoms with Gasteiger partial charge in [0.1, 0.15) is 8.51 Å². The Labute approximate surface area is 38.5 Å². The number of rotatable bonds is 0. The van der Waals surface area contributed by atoms with Crippen molar-refractivity contribution in [1.82, 2.24) is 0 Å². The molecule has 0 saturated carbocycles. The van der Waals surface area contributed by atoms with Gasteiger partial charge in [0.05, 0.1) is 20.5 Å². The minimum Gasteiger partial charge on any atom is -0.186 e. The van der Waals surface area contributed by atoms with Crippen LogP contribution in [-0.4, -0.2) is 25.0 Å². The van der Waals surface area contributed by atoms with Crippen LogP contribution in [0, 0.1) is 0 Å². The SMILES string of the molecule is FP=C([Si])[Si]. The largest absolute Gasteiger partial charge is 0.186 e. The van der Waals surface area contributed by atoms with Crippen molar-refractivity contribution in [1.29, 1.82) is 0 Å². The summed E-state index contributed by atoms with van der Waals surface area (Å²) in [5.74, 6) is 0. The van der Waals surface area contributed by atoms with E-state index in [9.17, 15) is 4.20 Å². The molecule has 0 aromatic rings. The second-order valence-corrected chi connectivity index (χ2v) is 3.39. The Morgan fingerprint density at radius 3 is 1.80 bits per heavy atom. The maximum absolute atomic E-state index is 11.0. The van der Waals surface area contributed by atoms with Gasteiger partial charge in [-0.05, 0) is 0 Å². The molecule has 0 aliphatic heterocycles. The molecule has 0 aromatic carbocycles. The summed E-state index contributed by atoms with van der Waals surface area (Å²) >= 11 is 0. The van der Waals surface area contributed by atoms with Gasteiger partial charge < -0.3 is 0 Å². The van der Waals surface area contributed by atoms with Crippen molar-refractivity contribution >= 4 is 33.5 Å². The van der Waals surface area contributed by atoms with Crippen LogP contribution in [0.2, 0.25) is 0 Å². The van der Waals surface area contributed by atoms with Crippen LogP contribution in [0.15, 0.2) is 0 Å². The van der Waals surface area contributed by atoms with E-state index in [0.29, 0.717) is 4.54 Å². The van der Waals surface area contributed by atoms with E-state index in [4.69, 9.17) is 0 Å². The highest BCUT2D eigenvalue weighted by Crippen LogP contribution is 1.91. The normalized spacial score (nSPS) is 8.60. The van der Waals surface area contributed by atoms with Gasteiger partial charge in [-0.2, -0.15) is 4.20 Å². The molecular formula is CFPSi2. The molecule has 0 aliphatic rings. The van der Waals surface area contributed by atoms with E-state index < -0.39 is 0 Å². The molecular weight excluding hydrogens is 118 g/mol. The Balaban J connectivity index is 3.14. The van der Waals surface area contributed by atoms with E-state index in [1.54, 1.807) is 0 Å². The predicted octanol–water partition coefficient (Wildman–Crippen LogP) is 0.242. The third-order valence-corrected chi connectivity index (χ3v) is 0.761. The molecule has 6 radical (unpaired) electrons. The van der Waals surface area contributed by atoms with Gasteiger partial charge in [0, 0.05) is 0 Å². The Hall–Kier alpha value is 0.534. The lowest BCUT2D eigenvalue weighted by Crippen LogP contribution is -1.85. The van der Waals surface area contributed by atoms with Crippen LogP contribution in [0.5, 0.6) is 0 Å². The molecule has 0 atom stereocenters. The molecule has 0 rings (SSSR count). The van der Waals surface area contributed by atoms with Crippen LogP contribution in [-0.2, 0) is 0 Å². The van der Waals surface area contributed by atoms with E-state index in [1.807, 2.05) is 0 Å². The Kier molecular flexibility index (Phi) is 3.05. The highest BCUT2D eigenvalue weighted by Gasteiger charge is 1.68. The third kappa shape index (κ3) is 4.53. The molecule has 0 aromatic heterocycles. The Bertz CT molecular complexity index is 47.6. The van der Waals surface area contributed by atoms with Crippen molar-refractivity contribution in [3.8, 4) is 0 Å². The summed E-state index contributed by atoms with van der Waals surface area (Å²) in [6.07, 6.45) is 0. The summed E-state index contributed by atoms with van der Waals surface area (Å²) in [7, 11) is 5.46. The predicted molar refractivity (Wildman–Crippen MR) is 24.5 cm³/mol. The van der Waals surface area contributed by atoms with Gasteiger partial charge in [-0.1, -0.05) is 4.54 Å². The lowest BCUT2D eigenvalue weighted by atomic mass is 11.9. The molecule has 0 spiro atoms. The van der Waals surface area contributed by atoms with Gasteiger partial charge in [0.15, 0.2) is 0 Å². The van der Waals surface area contributed by atoms with Gasteiger partial charge in [-0.25, -0.2) is 0 Å². The first kappa shape index (κ1) is 5.53. The maximum atomic E-state index is 11.0. The van der Waals surface area contributed by atoms with Gasteiger partial charge in [-0.3, -0.25) is 0 Å². The summed E-state index contributed by atoms with van der Waals surface area (Å²) in [4.78, 5) is 0. The van der Waals surface area contributed by atoms with E-state index in [0.717, 1.165) is 0 Å². The lowest BCUT2D eigenvalue weighted by molar-refractivity contribution is 0.937. The van der Waals surface area contributed by atoms with Crippen LogP contribution in [0.25, 0.3) is 0 Å². The van der Waals surface area contributed by atoms with E-state index in [-0.39, 0.29) is 8.51 Å². The lowest BCUT2D eigenvalue weighted by Gasteiger charge is -1.66. The maximum Gasteiger partial charge on any atom is 0.101 e. The molecule has 0 fully saturated rings. The quantitative estimate of drug-likeness (QED) is 0.316. The average molecular weight is 118 g/mol. The molecule has 4 heteroatoms. The summed E-state index contributed by atoms with van der Waals surface area (Å²) in [6.45, 7) is 0. The standard InChI is InChI=1S/CFPSi2/c2-3-1(4)5. The van der Waals surface area contributed by atoms with Crippen LogP contribution < -0.4 is 0 Å². The second-order valence-electron chi connectivity index (χ2n) is 0.433. The topological polar surface area (TPSA) is 0 Å². The van der Waals surface area contributed by atoms with Crippen molar-refractivity contribution in [2.24, 2.45) is 0 Å². The average Bonchev–Trinajstić information content (AvgIpc) is 1.38. The van der Waals surface area contributed by atoms with Crippen molar-refractivity contribution < 1.29 is 4.20 Å². The van der Waals surface area contributed by atoms with Crippen molar-refractivity contribution in [3.05, 3.63) is 0 Å². The summed E-state index contributed by atoms with van der Waals surface area (Å²) in [5.41, 5.74) is 0. The molecule has 0 saturated heterocycles. The molecule has 24 valence electrons. The highest BCUT2D eigenvalue weighted by atomic mass is 31.1. The molecule has 0 heterocycles. The molecule has 0 amide bonds. The zero-order valence-corrected chi connectivity index (χ0v) is 5.22. The molecule has 0 N–H and O–H groups in total. The van der Waals surface area contributed by atoms with Crippen molar-refractivity contribution in [3.63, 3.8) is 0 Å². The Morgan fingerprint density at radius 2 is 1.80 bits per heavy atom. The van der Waals surface area contributed by atoms with E-state index in [1.165, 1.54) is 0 Å². The first-order valence-corrected chi connectivity index (χ1v) is 2.68. The minimum atomic E-state index is -0.259. The van der Waals surface area contributed by atoms with Crippen LogP contribution in [0.4, 0.5) is 4.20 Å². The first-order chi connectivity index (χ1) is 2.27. The molecule has 0 aliphatic carbocycles. The van der Waals surface area contributed by atoms with Crippen LogP contribution in [0.1, 0.15) is 0 Å². The van der Waals surface area contributed by atoms with Gasteiger partial charge in [-0.15, -0.1) is 0 Å². The third-order valence-electron chi connectivity index (χ3n) is 0.0845. The van der Waals surface area contributed by atoms with E-state index in [2.05, 4.69) is 20.5 Å². The molecule has 5 heavy (non-hydrogen) atoms. The monoisotopic (exact) mass is 118 g/mol. The van der Waals surface area contributed by atoms with Gasteiger partial charge in [0.2, 0.25) is 0 Å². The van der Waals surface area contributed by atoms with Gasteiger partial charge >= 0.3 is 0 Å². The molecule has 0 bridgehead atoms. The minimum absolute atomic E-state index is 0.259. The number of hydrogen-bond donors (Lipinski definition) is 0. The van der Waals surface area contributed by atoms with Crippen LogP contribution in [0.3, 0.4) is 0 Å². The van der Waals surface area contributed by atoms with Crippen LogP contribution >= 0.6 is 8.51 Å². The first-order valence-electron chi connectivity index (χ1n) is 0.893. The fourth-order valence-corrected chi connectivity index (χ4v) is 0. The fourth-order valence-electron chi connectivity index (χ4n) is 0. The molecule has 0 unspecified atom stereocenters.